The van der Waals surface area contributed by atoms with E-state index in [1.165, 1.54) is 23.1 Å². The van der Waals surface area contributed by atoms with E-state index in [0.717, 1.165) is 36.1 Å². The topological polar surface area (TPSA) is 43.3 Å². The average molecular weight is 397 g/mol. The second-order valence-corrected chi connectivity index (χ2v) is 7.72. The SMILES string of the molecule is CCCNC(=O)c1ccc2c3c(n(Cc4ccc(OC)cc4Cl)c2c1)CCC3. The standard InChI is InChI=1S/C23H25ClN2O2/c1-3-11-25-23(27)15-8-10-19-18-5-4-6-21(18)26(22(19)12-15)14-16-7-9-17(28-2)13-20(16)24/h7-10,12-13H,3-6,11,14H2,1-2H3,(H,25,27). The smallest absolute Gasteiger partial charge is 0.251 e. The van der Waals surface area contributed by atoms with Gasteiger partial charge < -0.3 is 14.6 Å². The molecule has 4 rings (SSSR count). The monoisotopic (exact) mass is 396 g/mol. The number of amides is 1. The van der Waals surface area contributed by atoms with Crippen LogP contribution in [0.1, 0.15) is 46.9 Å². The van der Waals surface area contributed by atoms with Crippen LogP contribution in [-0.2, 0) is 19.4 Å². The fraction of sp³-hybridized carbons (Fsp3) is 0.348. The van der Waals surface area contributed by atoms with Gasteiger partial charge in [-0.15, -0.1) is 0 Å². The normalized spacial score (nSPS) is 13.0. The molecule has 0 unspecified atom stereocenters. The Morgan fingerprint density at radius 1 is 1.21 bits per heavy atom. The number of hydrogen-bond acceptors (Lipinski definition) is 2. The molecule has 0 saturated carbocycles. The van der Waals surface area contributed by atoms with E-state index in [4.69, 9.17) is 16.3 Å². The van der Waals surface area contributed by atoms with Crippen LogP contribution < -0.4 is 10.1 Å². The van der Waals surface area contributed by atoms with Crippen molar-refractivity contribution in [3.8, 4) is 5.75 Å². The quantitative estimate of drug-likeness (QED) is 0.638. The summed E-state index contributed by atoms with van der Waals surface area (Å²) >= 11 is 6.51. The third-order valence-corrected chi connectivity index (χ3v) is 5.87. The highest BCUT2D eigenvalue weighted by molar-refractivity contribution is 6.31. The highest BCUT2D eigenvalue weighted by Gasteiger charge is 2.23. The van der Waals surface area contributed by atoms with Crippen molar-refractivity contribution >= 4 is 28.4 Å². The molecular formula is C23H25ClN2O2. The summed E-state index contributed by atoms with van der Waals surface area (Å²) in [5.41, 5.74) is 5.66. The molecule has 0 bridgehead atoms. The van der Waals surface area contributed by atoms with Gasteiger partial charge in [0.1, 0.15) is 5.75 Å². The summed E-state index contributed by atoms with van der Waals surface area (Å²) in [6.07, 6.45) is 4.26. The summed E-state index contributed by atoms with van der Waals surface area (Å²) < 4.78 is 7.60. The number of hydrogen-bond donors (Lipinski definition) is 1. The highest BCUT2D eigenvalue weighted by atomic mass is 35.5. The number of nitrogens with one attached hydrogen (secondary N) is 1. The maximum atomic E-state index is 12.5. The molecule has 0 spiro atoms. The van der Waals surface area contributed by atoms with Gasteiger partial charge in [0.25, 0.3) is 5.91 Å². The summed E-state index contributed by atoms with van der Waals surface area (Å²) in [7, 11) is 1.64. The minimum atomic E-state index is -0.0147. The predicted molar refractivity (Wildman–Crippen MR) is 114 cm³/mol. The molecule has 28 heavy (non-hydrogen) atoms. The van der Waals surface area contributed by atoms with Crippen LogP contribution in [0.4, 0.5) is 0 Å². The van der Waals surface area contributed by atoms with Gasteiger partial charge in [0.15, 0.2) is 0 Å². The number of carbonyl (C=O) groups is 1. The van der Waals surface area contributed by atoms with Crippen LogP contribution >= 0.6 is 11.6 Å². The predicted octanol–water partition coefficient (Wildman–Crippen LogP) is 4.98. The highest BCUT2D eigenvalue weighted by Crippen LogP contribution is 2.35. The lowest BCUT2D eigenvalue weighted by Gasteiger charge is -2.13. The molecule has 0 atom stereocenters. The molecule has 0 aliphatic heterocycles. The number of methoxy groups -OCH3 is 1. The first-order valence-corrected chi connectivity index (χ1v) is 10.2. The van der Waals surface area contributed by atoms with Crippen molar-refractivity contribution in [3.05, 3.63) is 63.8 Å². The number of benzene rings is 2. The zero-order chi connectivity index (χ0) is 19.7. The van der Waals surface area contributed by atoms with Crippen LogP contribution in [0.2, 0.25) is 5.02 Å². The van der Waals surface area contributed by atoms with E-state index >= 15 is 0 Å². The lowest BCUT2D eigenvalue weighted by atomic mass is 10.1. The van der Waals surface area contributed by atoms with Gasteiger partial charge in [-0.3, -0.25) is 4.79 Å². The fourth-order valence-electron chi connectivity index (χ4n) is 4.09. The number of rotatable bonds is 6. The van der Waals surface area contributed by atoms with Gasteiger partial charge in [0.05, 0.1) is 7.11 Å². The maximum absolute atomic E-state index is 12.5. The Morgan fingerprint density at radius 3 is 2.82 bits per heavy atom. The number of halogens is 1. The zero-order valence-corrected chi connectivity index (χ0v) is 17.1. The third-order valence-electron chi connectivity index (χ3n) is 5.51. The summed E-state index contributed by atoms with van der Waals surface area (Å²) in [6, 6.07) is 11.9. The maximum Gasteiger partial charge on any atom is 0.251 e. The molecule has 5 heteroatoms. The number of carbonyl (C=O) groups excluding carboxylic acids is 1. The third kappa shape index (κ3) is 3.37. The van der Waals surface area contributed by atoms with Crippen LogP contribution in [0, 0.1) is 0 Å². The van der Waals surface area contributed by atoms with Gasteiger partial charge in [-0.2, -0.15) is 0 Å². The van der Waals surface area contributed by atoms with Gasteiger partial charge in [-0.1, -0.05) is 30.7 Å². The molecule has 0 fully saturated rings. The van der Waals surface area contributed by atoms with Gasteiger partial charge in [0.2, 0.25) is 0 Å². The number of fused-ring (bicyclic) bond motifs is 3. The number of aromatic nitrogens is 1. The van der Waals surface area contributed by atoms with Crippen molar-refractivity contribution in [1.82, 2.24) is 9.88 Å². The van der Waals surface area contributed by atoms with Crippen LogP contribution in [0.25, 0.3) is 10.9 Å². The number of nitrogens with zero attached hydrogens (tertiary/aromatic N) is 1. The minimum Gasteiger partial charge on any atom is -0.497 e. The molecule has 146 valence electrons. The van der Waals surface area contributed by atoms with Crippen LogP contribution in [0.3, 0.4) is 0 Å². The molecule has 0 radical (unpaired) electrons. The molecule has 1 N–H and O–H groups in total. The Kier molecular flexibility index (Phi) is 5.31. The number of ether oxygens (including phenoxy) is 1. The second-order valence-electron chi connectivity index (χ2n) is 7.31. The Hall–Kier alpha value is -2.46. The van der Waals surface area contributed by atoms with E-state index in [1.54, 1.807) is 7.11 Å². The molecule has 2 aromatic carbocycles. The first kappa shape index (κ1) is 18.9. The molecular weight excluding hydrogens is 372 g/mol. The molecule has 1 heterocycles. The lowest BCUT2D eigenvalue weighted by molar-refractivity contribution is 0.0954. The van der Waals surface area contributed by atoms with E-state index in [1.807, 2.05) is 30.3 Å². The van der Waals surface area contributed by atoms with Crippen LogP contribution in [-0.4, -0.2) is 24.1 Å². The molecule has 4 nitrogen and oxygen atoms in total. The molecule has 1 aliphatic rings. The number of aryl methyl sites for hydroxylation is 1. The molecule has 3 aromatic rings. The van der Waals surface area contributed by atoms with E-state index in [0.29, 0.717) is 23.7 Å². The lowest BCUT2D eigenvalue weighted by Crippen LogP contribution is -2.23. The van der Waals surface area contributed by atoms with Gasteiger partial charge in [-0.05, 0) is 61.1 Å². The molecule has 1 aliphatic carbocycles. The Balaban J connectivity index is 1.77. The largest absolute Gasteiger partial charge is 0.497 e. The van der Waals surface area contributed by atoms with Gasteiger partial charge >= 0.3 is 0 Å². The van der Waals surface area contributed by atoms with E-state index < -0.39 is 0 Å². The second kappa shape index (κ2) is 7.88. The van der Waals surface area contributed by atoms with Crippen molar-refractivity contribution in [1.29, 1.82) is 0 Å². The summed E-state index contributed by atoms with van der Waals surface area (Å²) in [5.74, 6) is 0.741. The Bertz CT molecular complexity index is 1040. The van der Waals surface area contributed by atoms with Crippen molar-refractivity contribution in [2.45, 2.75) is 39.2 Å². The summed E-state index contributed by atoms with van der Waals surface area (Å²) in [6.45, 7) is 3.43. The summed E-state index contributed by atoms with van der Waals surface area (Å²) in [4.78, 5) is 12.5. The van der Waals surface area contributed by atoms with Gasteiger partial charge in [0, 0.05) is 40.3 Å². The first-order valence-electron chi connectivity index (χ1n) is 9.87. The zero-order valence-electron chi connectivity index (χ0n) is 16.3. The van der Waals surface area contributed by atoms with E-state index in [9.17, 15) is 4.79 Å². The average Bonchev–Trinajstić information content (AvgIpc) is 3.29. The molecule has 0 saturated heterocycles. The molecule has 1 amide bonds. The Morgan fingerprint density at radius 2 is 2.07 bits per heavy atom. The first-order chi connectivity index (χ1) is 13.6. The van der Waals surface area contributed by atoms with Crippen LogP contribution in [0.15, 0.2) is 36.4 Å². The van der Waals surface area contributed by atoms with Crippen molar-refractivity contribution < 1.29 is 9.53 Å². The van der Waals surface area contributed by atoms with Gasteiger partial charge in [-0.25, -0.2) is 0 Å². The fourth-order valence-corrected chi connectivity index (χ4v) is 4.32. The minimum absolute atomic E-state index is 0.0147. The Labute approximate surface area is 170 Å². The van der Waals surface area contributed by atoms with E-state index in [-0.39, 0.29) is 5.91 Å². The van der Waals surface area contributed by atoms with Crippen molar-refractivity contribution in [2.24, 2.45) is 0 Å². The molecule has 1 aromatic heterocycles. The van der Waals surface area contributed by atoms with Crippen LogP contribution in [0.5, 0.6) is 5.75 Å². The van der Waals surface area contributed by atoms with E-state index in [2.05, 4.69) is 22.9 Å². The van der Waals surface area contributed by atoms with Crippen molar-refractivity contribution in [2.75, 3.05) is 13.7 Å². The van der Waals surface area contributed by atoms with Crippen molar-refractivity contribution in [3.63, 3.8) is 0 Å². The summed E-state index contributed by atoms with van der Waals surface area (Å²) in [5, 5.41) is 4.92.